The summed E-state index contributed by atoms with van der Waals surface area (Å²) in [6, 6.07) is 7.36. The average Bonchev–Trinajstić information content (AvgIpc) is 2.47. The molecule has 0 saturated carbocycles. The van der Waals surface area contributed by atoms with E-state index in [1.807, 2.05) is 19.1 Å². The van der Waals surface area contributed by atoms with Gasteiger partial charge in [0.05, 0.1) is 4.90 Å². The molecule has 1 unspecified atom stereocenters. The predicted molar refractivity (Wildman–Crippen MR) is 88.6 cm³/mol. The third-order valence-electron chi connectivity index (χ3n) is 4.11. The molecule has 1 heterocycles. The highest BCUT2D eigenvalue weighted by atomic mass is 35.5. The monoisotopic (exact) mass is 332 g/mol. The van der Waals surface area contributed by atoms with Gasteiger partial charge in [-0.25, -0.2) is 8.42 Å². The first-order valence-electron chi connectivity index (χ1n) is 7.29. The van der Waals surface area contributed by atoms with Crippen LogP contribution in [0.2, 0.25) is 0 Å². The molecular formula is C15H25ClN2O2S. The largest absolute Gasteiger partial charge is 0.314 e. The summed E-state index contributed by atoms with van der Waals surface area (Å²) < 4.78 is 26.9. The van der Waals surface area contributed by atoms with Crippen molar-refractivity contribution in [2.45, 2.75) is 44.0 Å². The predicted octanol–water partition coefficient (Wildman–Crippen LogP) is 2.60. The van der Waals surface area contributed by atoms with Crippen molar-refractivity contribution in [2.24, 2.45) is 0 Å². The van der Waals surface area contributed by atoms with Crippen LogP contribution in [0.1, 0.15) is 38.7 Å². The van der Waals surface area contributed by atoms with Gasteiger partial charge < -0.3 is 5.32 Å². The maximum Gasteiger partial charge on any atom is 0.243 e. The summed E-state index contributed by atoms with van der Waals surface area (Å²) in [5.41, 5.74) is 1.19. The average molecular weight is 333 g/mol. The Hall–Kier alpha value is -0.620. The molecule has 0 amide bonds. The van der Waals surface area contributed by atoms with E-state index in [-0.39, 0.29) is 18.4 Å². The molecule has 1 aliphatic rings. The first-order valence-corrected chi connectivity index (χ1v) is 8.73. The third kappa shape index (κ3) is 3.97. The first kappa shape index (κ1) is 18.4. The number of sulfonamides is 1. The van der Waals surface area contributed by atoms with Crippen molar-refractivity contribution >= 4 is 22.4 Å². The second kappa shape index (κ2) is 7.58. The number of halogens is 1. The SMILES string of the molecule is CCC(C)c1ccc(S(=O)(=O)N2CCNC[C@H]2C)cc1.Cl. The highest BCUT2D eigenvalue weighted by Crippen LogP contribution is 2.23. The molecule has 1 aromatic rings. The van der Waals surface area contributed by atoms with E-state index in [1.54, 1.807) is 16.4 Å². The number of nitrogens with zero attached hydrogens (tertiary/aromatic N) is 1. The van der Waals surface area contributed by atoms with Gasteiger partial charge in [0.15, 0.2) is 0 Å². The Morgan fingerprint density at radius 2 is 1.95 bits per heavy atom. The van der Waals surface area contributed by atoms with Gasteiger partial charge in [-0.1, -0.05) is 26.0 Å². The Morgan fingerprint density at radius 3 is 2.48 bits per heavy atom. The number of benzene rings is 1. The fourth-order valence-corrected chi connectivity index (χ4v) is 4.15. The molecule has 0 aromatic heterocycles. The van der Waals surface area contributed by atoms with E-state index in [4.69, 9.17) is 0 Å². The number of nitrogens with one attached hydrogen (secondary N) is 1. The number of hydrogen-bond acceptors (Lipinski definition) is 3. The van der Waals surface area contributed by atoms with E-state index in [0.717, 1.165) is 6.42 Å². The second-order valence-corrected chi connectivity index (χ2v) is 7.44. The second-order valence-electron chi connectivity index (χ2n) is 5.55. The molecule has 2 atom stereocenters. The topological polar surface area (TPSA) is 49.4 Å². The molecule has 1 N–H and O–H groups in total. The minimum atomic E-state index is -3.37. The Kier molecular flexibility index (Phi) is 6.66. The summed E-state index contributed by atoms with van der Waals surface area (Å²) in [5, 5.41) is 3.21. The summed E-state index contributed by atoms with van der Waals surface area (Å²) >= 11 is 0. The van der Waals surface area contributed by atoms with Gasteiger partial charge in [-0.2, -0.15) is 4.31 Å². The van der Waals surface area contributed by atoms with Crippen molar-refractivity contribution in [3.8, 4) is 0 Å². The minimum absolute atomic E-state index is 0. The van der Waals surface area contributed by atoms with Gasteiger partial charge in [0.2, 0.25) is 10.0 Å². The lowest BCUT2D eigenvalue weighted by Gasteiger charge is -2.32. The number of hydrogen-bond donors (Lipinski definition) is 1. The fraction of sp³-hybridized carbons (Fsp3) is 0.600. The van der Waals surface area contributed by atoms with Gasteiger partial charge in [-0.3, -0.25) is 0 Å². The zero-order valence-corrected chi connectivity index (χ0v) is 14.5. The maximum absolute atomic E-state index is 12.6. The summed E-state index contributed by atoms with van der Waals surface area (Å²) in [7, 11) is -3.37. The third-order valence-corrected chi connectivity index (χ3v) is 6.14. The summed E-state index contributed by atoms with van der Waals surface area (Å²) in [6.45, 7) is 8.20. The van der Waals surface area contributed by atoms with Gasteiger partial charge in [-0.15, -0.1) is 12.4 Å². The lowest BCUT2D eigenvalue weighted by Crippen LogP contribution is -2.52. The van der Waals surface area contributed by atoms with E-state index in [9.17, 15) is 8.42 Å². The zero-order valence-electron chi connectivity index (χ0n) is 12.9. The normalized spacial score (nSPS) is 21.6. The molecular weight excluding hydrogens is 308 g/mol. The Morgan fingerprint density at radius 1 is 1.33 bits per heavy atom. The van der Waals surface area contributed by atoms with E-state index in [2.05, 4.69) is 19.2 Å². The van der Waals surface area contributed by atoms with Crippen LogP contribution in [-0.4, -0.2) is 38.4 Å². The molecule has 21 heavy (non-hydrogen) atoms. The quantitative estimate of drug-likeness (QED) is 0.922. The van der Waals surface area contributed by atoms with Crippen molar-refractivity contribution < 1.29 is 8.42 Å². The summed E-state index contributed by atoms with van der Waals surface area (Å²) in [4.78, 5) is 0.401. The van der Waals surface area contributed by atoms with Crippen LogP contribution in [0.15, 0.2) is 29.2 Å². The van der Waals surface area contributed by atoms with Crippen molar-refractivity contribution in [1.29, 1.82) is 0 Å². The van der Waals surface area contributed by atoms with Crippen LogP contribution in [-0.2, 0) is 10.0 Å². The van der Waals surface area contributed by atoms with Gasteiger partial charge >= 0.3 is 0 Å². The van der Waals surface area contributed by atoms with Crippen molar-refractivity contribution in [2.75, 3.05) is 19.6 Å². The molecule has 120 valence electrons. The summed E-state index contributed by atoms with van der Waals surface area (Å²) in [6.07, 6.45) is 1.06. The van der Waals surface area contributed by atoms with E-state index in [0.29, 0.717) is 30.4 Å². The lowest BCUT2D eigenvalue weighted by atomic mass is 9.99. The van der Waals surface area contributed by atoms with Crippen molar-refractivity contribution in [3.05, 3.63) is 29.8 Å². The number of piperazine rings is 1. The molecule has 2 rings (SSSR count). The van der Waals surface area contributed by atoms with Crippen LogP contribution >= 0.6 is 12.4 Å². The standard InChI is InChI=1S/C15H24N2O2S.ClH/c1-4-12(2)14-5-7-15(8-6-14)20(18,19)17-10-9-16-11-13(17)3;/h5-8,12-13,16H,4,9-11H2,1-3H3;1H/t12?,13-;/m1./s1. The van der Waals surface area contributed by atoms with Crippen molar-refractivity contribution in [1.82, 2.24) is 9.62 Å². The molecule has 1 aliphatic heterocycles. The zero-order chi connectivity index (χ0) is 14.8. The first-order chi connectivity index (χ1) is 9.46. The van der Waals surface area contributed by atoms with Crippen LogP contribution in [0.3, 0.4) is 0 Å². The molecule has 1 saturated heterocycles. The Labute approximate surface area is 134 Å². The van der Waals surface area contributed by atoms with Crippen LogP contribution in [0, 0.1) is 0 Å². The molecule has 6 heteroatoms. The highest BCUT2D eigenvalue weighted by molar-refractivity contribution is 7.89. The molecule has 1 fully saturated rings. The molecule has 0 spiro atoms. The smallest absolute Gasteiger partial charge is 0.243 e. The summed E-state index contributed by atoms with van der Waals surface area (Å²) in [5.74, 6) is 0.463. The molecule has 0 radical (unpaired) electrons. The number of rotatable bonds is 4. The highest BCUT2D eigenvalue weighted by Gasteiger charge is 2.30. The van der Waals surface area contributed by atoms with Crippen LogP contribution in [0.25, 0.3) is 0 Å². The van der Waals surface area contributed by atoms with Gasteiger partial charge in [0, 0.05) is 25.7 Å². The van der Waals surface area contributed by atoms with Gasteiger partial charge in [-0.05, 0) is 37.0 Å². The van der Waals surface area contributed by atoms with Gasteiger partial charge in [0.1, 0.15) is 0 Å². The lowest BCUT2D eigenvalue weighted by molar-refractivity contribution is 0.284. The minimum Gasteiger partial charge on any atom is -0.314 e. The van der Waals surface area contributed by atoms with Crippen LogP contribution < -0.4 is 5.32 Å². The Bertz CT molecular complexity index is 545. The van der Waals surface area contributed by atoms with E-state index < -0.39 is 10.0 Å². The molecule has 1 aromatic carbocycles. The van der Waals surface area contributed by atoms with Gasteiger partial charge in [0.25, 0.3) is 0 Å². The van der Waals surface area contributed by atoms with Crippen LogP contribution in [0.5, 0.6) is 0 Å². The molecule has 4 nitrogen and oxygen atoms in total. The van der Waals surface area contributed by atoms with E-state index >= 15 is 0 Å². The van der Waals surface area contributed by atoms with Crippen LogP contribution in [0.4, 0.5) is 0 Å². The molecule has 0 aliphatic carbocycles. The fourth-order valence-electron chi connectivity index (χ4n) is 2.52. The maximum atomic E-state index is 12.6. The Balaban J connectivity index is 0.00000220. The van der Waals surface area contributed by atoms with E-state index in [1.165, 1.54) is 5.56 Å². The molecule has 0 bridgehead atoms. The van der Waals surface area contributed by atoms with Crippen molar-refractivity contribution in [3.63, 3.8) is 0 Å².